The molecule has 0 saturated heterocycles. The molecule has 0 aliphatic carbocycles. The first kappa shape index (κ1) is 11.3. The third-order valence-corrected chi connectivity index (χ3v) is 3.36. The maximum Gasteiger partial charge on any atom is 0.204 e. The molecule has 0 fully saturated rings. The van der Waals surface area contributed by atoms with Gasteiger partial charge in [-0.05, 0) is 36.2 Å². The number of benzene rings is 2. The van der Waals surface area contributed by atoms with Gasteiger partial charge >= 0.3 is 0 Å². The van der Waals surface area contributed by atoms with E-state index in [0.29, 0.717) is 5.28 Å². The van der Waals surface area contributed by atoms with Crippen molar-refractivity contribution in [3.05, 3.63) is 64.9 Å². The lowest BCUT2D eigenvalue weighted by molar-refractivity contribution is 0.825. The molecule has 0 saturated carbocycles. The van der Waals surface area contributed by atoms with E-state index in [1.807, 2.05) is 28.8 Å². The molecule has 18 heavy (non-hydrogen) atoms. The van der Waals surface area contributed by atoms with Crippen molar-refractivity contribution in [2.45, 2.75) is 13.5 Å². The molecule has 3 rings (SSSR count). The molecule has 2 nitrogen and oxygen atoms in total. The number of aromatic nitrogens is 2. The first-order valence-electron chi connectivity index (χ1n) is 5.90. The first-order chi connectivity index (χ1) is 8.74. The predicted molar refractivity (Wildman–Crippen MR) is 75.0 cm³/mol. The predicted octanol–water partition coefficient (Wildman–Crippen LogP) is 4.05. The molecule has 2 aromatic carbocycles. The highest BCUT2D eigenvalue weighted by atomic mass is 35.5. The molecule has 3 heteroatoms. The molecule has 0 amide bonds. The van der Waals surface area contributed by atoms with E-state index >= 15 is 0 Å². The Morgan fingerprint density at radius 3 is 2.56 bits per heavy atom. The molecular weight excluding hydrogens is 244 g/mol. The van der Waals surface area contributed by atoms with Gasteiger partial charge in [-0.3, -0.25) is 0 Å². The molecule has 0 aliphatic rings. The van der Waals surface area contributed by atoms with Crippen molar-refractivity contribution in [1.82, 2.24) is 9.55 Å². The van der Waals surface area contributed by atoms with Crippen LogP contribution in [0.25, 0.3) is 11.0 Å². The lowest BCUT2D eigenvalue weighted by Gasteiger charge is -2.06. The number of imidazole rings is 1. The number of aryl methyl sites for hydroxylation is 1. The quantitative estimate of drug-likeness (QED) is 0.676. The van der Waals surface area contributed by atoms with Crippen molar-refractivity contribution in [3.63, 3.8) is 0 Å². The Morgan fingerprint density at radius 1 is 1.06 bits per heavy atom. The first-order valence-corrected chi connectivity index (χ1v) is 6.28. The van der Waals surface area contributed by atoms with Crippen molar-refractivity contribution >= 4 is 22.6 Å². The number of nitrogens with zero attached hydrogens (tertiary/aromatic N) is 2. The standard InChI is InChI=1S/C15H13ClN2/c1-11-6-8-12(9-7-11)10-18-14-5-3-2-4-13(14)17-15(18)16/h2-9H,10H2,1H3. The third kappa shape index (κ3) is 2.00. The Hall–Kier alpha value is -1.80. The van der Waals surface area contributed by atoms with Gasteiger partial charge in [0.2, 0.25) is 5.28 Å². The summed E-state index contributed by atoms with van der Waals surface area (Å²) >= 11 is 6.20. The third-order valence-electron chi connectivity index (χ3n) is 3.07. The lowest BCUT2D eigenvalue weighted by Crippen LogP contribution is -1.99. The van der Waals surface area contributed by atoms with Crippen LogP contribution in [-0.4, -0.2) is 9.55 Å². The van der Waals surface area contributed by atoms with Crippen molar-refractivity contribution in [2.75, 3.05) is 0 Å². The van der Waals surface area contributed by atoms with Gasteiger partial charge in [-0.2, -0.15) is 0 Å². The van der Waals surface area contributed by atoms with Gasteiger partial charge in [-0.1, -0.05) is 42.0 Å². The number of rotatable bonds is 2. The van der Waals surface area contributed by atoms with E-state index in [9.17, 15) is 0 Å². The minimum Gasteiger partial charge on any atom is -0.310 e. The van der Waals surface area contributed by atoms with Crippen LogP contribution in [-0.2, 0) is 6.54 Å². The largest absolute Gasteiger partial charge is 0.310 e. The Kier molecular flexibility index (Phi) is 2.80. The molecule has 3 aromatic rings. The molecule has 0 atom stereocenters. The number of hydrogen-bond acceptors (Lipinski definition) is 1. The second-order valence-electron chi connectivity index (χ2n) is 4.44. The zero-order valence-corrected chi connectivity index (χ0v) is 10.9. The monoisotopic (exact) mass is 256 g/mol. The summed E-state index contributed by atoms with van der Waals surface area (Å²) in [5, 5.41) is 0.539. The number of hydrogen-bond donors (Lipinski definition) is 0. The van der Waals surface area contributed by atoms with Crippen LogP contribution in [0, 0.1) is 6.92 Å². The molecule has 0 N–H and O–H groups in total. The molecule has 0 radical (unpaired) electrons. The highest BCUT2D eigenvalue weighted by Crippen LogP contribution is 2.21. The molecule has 1 heterocycles. The zero-order valence-electron chi connectivity index (χ0n) is 10.1. The second kappa shape index (κ2) is 4.46. The van der Waals surface area contributed by atoms with Gasteiger partial charge in [0.15, 0.2) is 0 Å². The van der Waals surface area contributed by atoms with Gasteiger partial charge in [0.1, 0.15) is 0 Å². The minimum absolute atomic E-state index is 0.539. The molecule has 0 spiro atoms. The SMILES string of the molecule is Cc1ccc(Cn2c(Cl)nc3ccccc32)cc1. The maximum absolute atomic E-state index is 6.20. The summed E-state index contributed by atoms with van der Waals surface area (Å²) in [6.07, 6.45) is 0. The normalized spacial score (nSPS) is 11.0. The van der Waals surface area contributed by atoms with E-state index in [1.54, 1.807) is 0 Å². The van der Waals surface area contributed by atoms with Crippen LogP contribution in [0.3, 0.4) is 0 Å². The fraction of sp³-hybridized carbons (Fsp3) is 0.133. The highest BCUT2D eigenvalue weighted by molar-refractivity contribution is 6.29. The molecule has 0 bridgehead atoms. The fourth-order valence-electron chi connectivity index (χ4n) is 2.07. The lowest BCUT2D eigenvalue weighted by atomic mass is 10.1. The van der Waals surface area contributed by atoms with Crippen molar-refractivity contribution in [2.24, 2.45) is 0 Å². The van der Waals surface area contributed by atoms with E-state index in [1.165, 1.54) is 11.1 Å². The van der Waals surface area contributed by atoms with Gasteiger partial charge in [0, 0.05) is 0 Å². The Bertz CT molecular complexity index is 683. The van der Waals surface area contributed by atoms with E-state index < -0.39 is 0 Å². The van der Waals surface area contributed by atoms with Crippen molar-refractivity contribution in [3.8, 4) is 0 Å². The van der Waals surface area contributed by atoms with Gasteiger partial charge in [-0.25, -0.2) is 4.98 Å². The van der Waals surface area contributed by atoms with E-state index in [-0.39, 0.29) is 0 Å². The summed E-state index contributed by atoms with van der Waals surface area (Å²) in [5.74, 6) is 0. The Labute approximate surface area is 111 Å². The van der Waals surface area contributed by atoms with Crippen LogP contribution in [0.5, 0.6) is 0 Å². The average molecular weight is 257 g/mol. The van der Waals surface area contributed by atoms with E-state index in [2.05, 4.69) is 36.2 Å². The molecular formula is C15H13ClN2. The average Bonchev–Trinajstić information content (AvgIpc) is 2.69. The molecule has 0 unspecified atom stereocenters. The number of fused-ring (bicyclic) bond motifs is 1. The van der Waals surface area contributed by atoms with Crippen LogP contribution < -0.4 is 0 Å². The smallest absolute Gasteiger partial charge is 0.204 e. The number of para-hydroxylation sites is 2. The van der Waals surface area contributed by atoms with Crippen LogP contribution in [0.1, 0.15) is 11.1 Å². The van der Waals surface area contributed by atoms with Gasteiger partial charge in [0.05, 0.1) is 17.6 Å². The fourth-order valence-corrected chi connectivity index (χ4v) is 2.31. The van der Waals surface area contributed by atoms with Gasteiger partial charge in [-0.15, -0.1) is 0 Å². The van der Waals surface area contributed by atoms with Crippen molar-refractivity contribution in [1.29, 1.82) is 0 Å². The molecule has 90 valence electrons. The summed E-state index contributed by atoms with van der Waals surface area (Å²) in [4.78, 5) is 4.36. The summed E-state index contributed by atoms with van der Waals surface area (Å²) < 4.78 is 2.03. The Morgan fingerprint density at radius 2 is 1.78 bits per heavy atom. The van der Waals surface area contributed by atoms with E-state index in [4.69, 9.17) is 11.6 Å². The summed E-state index contributed by atoms with van der Waals surface area (Å²) in [7, 11) is 0. The summed E-state index contributed by atoms with van der Waals surface area (Å²) in [6.45, 7) is 2.84. The number of halogens is 1. The maximum atomic E-state index is 6.20. The van der Waals surface area contributed by atoms with Crippen LogP contribution >= 0.6 is 11.6 Å². The van der Waals surface area contributed by atoms with Gasteiger partial charge < -0.3 is 4.57 Å². The van der Waals surface area contributed by atoms with Crippen molar-refractivity contribution < 1.29 is 0 Å². The van der Waals surface area contributed by atoms with Crippen LogP contribution in [0.15, 0.2) is 48.5 Å². The van der Waals surface area contributed by atoms with Crippen LogP contribution in [0.4, 0.5) is 0 Å². The van der Waals surface area contributed by atoms with Gasteiger partial charge in [0.25, 0.3) is 0 Å². The molecule has 0 aliphatic heterocycles. The highest BCUT2D eigenvalue weighted by Gasteiger charge is 2.08. The Balaban J connectivity index is 2.04. The zero-order chi connectivity index (χ0) is 12.5. The summed E-state index contributed by atoms with van der Waals surface area (Å²) in [5.41, 5.74) is 4.50. The van der Waals surface area contributed by atoms with Crippen LogP contribution in [0.2, 0.25) is 5.28 Å². The molecule has 1 aromatic heterocycles. The summed E-state index contributed by atoms with van der Waals surface area (Å²) in [6, 6.07) is 16.5. The topological polar surface area (TPSA) is 17.8 Å². The second-order valence-corrected chi connectivity index (χ2v) is 4.78. The van der Waals surface area contributed by atoms with E-state index in [0.717, 1.165) is 17.6 Å². The minimum atomic E-state index is 0.539.